The Kier molecular flexibility index (Phi) is 3.48. The lowest BCUT2D eigenvalue weighted by molar-refractivity contribution is 0.0902. The summed E-state index contributed by atoms with van der Waals surface area (Å²) >= 11 is 0. The molecular weight excluding hydrogens is 243 g/mol. The Morgan fingerprint density at radius 1 is 1.32 bits per heavy atom. The zero-order chi connectivity index (χ0) is 14.2. The molecule has 1 aromatic carbocycles. The number of hydrogen-bond acceptors (Lipinski definition) is 2. The molecule has 0 N–H and O–H groups in total. The number of Topliss-reactive ketones (excluding diaryl/α,β-unsaturated/α-hetero) is 1. The molecule has 0 aliphatic rings. The smallest absolute Gasteiger partial charge is 0.198 e. The fourth-order valence-corrected chi connectivity index (χ4v) is 1.84. The fourth-order valence-electron chi connectivity index (χ4n) is 1.84. The highest BCUT2D eigenvalue weighted by molar-refractivity contribution is 5.97. The Labute approximate surface area is 112 Å². The van der Waals surface area contributed by atoms with Crippen LogP contribution in [0.5, 0.6) is 0 Å². The van der Waals surface area contributed by atoms with Crippen LogP contribution in [0.4, 0.5) is 4.39 Å². The molecule has 19 heavy (non-hydrogen) atoms. The quantitative estimate of drug-likeness (QED) is 0.742. The van der Waals surface area contributed by atoms with E-state index in [1.165, 1.54) is 12.1 Å². The molecule has 2 rings (SSSR count). The van der Waals surface area contributed by atoms with Gasteiger partial charge in [0, 0.05) is 11.8 Å². The minimum absolute atomic E-state index is 0.0287. The van der Waals surface area contributed by atoms with Crippen LogP contribution in [0.15, 0.2) is 28.7 Å². The first kappa shape index (κ1) is 13.8. The topological polar surface area (TPSA) is 30.2 Å². The van der Waals surface area contributed by atoms with Crippen molar-refractivity contribution in [3.63, 3.8) is 0 Å². The molecular formula is C16H19FO2. The molecule has 102 valence electrons. The van der Waals surface area contributed by atoms with Gasteiger partial charge < -0.3 is 4.42 Å². The molecule has 0 radical (unpaired) electrons. The molecule has 2 nitrogen and oxygen atoms in total. The predicted octanol–water partition coefficient (Wildman–Crippen LogP) is 4.83. The number of carbonyl (C=O) groups excluding carboxylic acids is 1. The van der Waals surface area contributed by atoms with Gasteiger partial charge >= 0.3 is 0 Å². The van der Waals surface area contributed by atoms with Crippen molar-refractivity contribution < 1.29 is 13.6 Å². The third-order valence-electron chi connectivity index (χ3n) is 3.72. The van der Waals surface area contributed by atoms with Crippen LogP contribution in [-0.2, 0) is 0 Å². The summed E-state index contributed by atoms with van der Waals surface area (Å²) in [7, 11) is 0. The number of furan rings is 1. The predicted molar refractivity (Wildman–Crippen MR) is 73.7 cm³/mol. The van der Waals surface area contributed by atoms with Crippen LogP contribution in [0.25, 0.3) is 11.0 Å². The number of ketones is 1. The fraction of sp³-hybridized carbons (Fsp3) is 0.438. The molecule has 1 heterocycles. The van der Waals surface area contributed by atoms with Gasteiger partial charge in [-0.1, -0.05) is 27.7 Å². The Morgan fingerprint density at radius 2 is 2.00 bits per heavy atom. The minimum Gasteiger partial charge on any atom is -0.453 e. The van der Waals surface area contributed by atoms with E-state index in [-0.39, 0.29) is 22.9 Å². The van der Waals surface area contributed by atoms with E-state index in [1.807, 2.05) is 0 Å². The molecule has 0 bridgehead atoms. The van der Waals surface area contributed by atoms with Crippen molar-refractivity contribution in [2.45, 2.75) is 34.1 Å². The van der Waals surface area contributed by atoms with E-state index >= 15 is 0 Å². The van der Waals surface area contributed by atoms with Gasteiger partial charge in [-0.2, -0.15) is 0 Å². The van der Waals surface area contributed by atoms with Crippen LogP contribution < -0.4 is 0 Å². The first-order chi connectivity index (χ1) is 8.77. The second-order valence-corrected chi connectivity index (χ2v) is 6.19. The van der Waals surface area contributed by atoms with Gasteiger partial charge in [-0.3, -0.25) is 4.79 Å². The zero-order valence-corrected chi connectivity index (χ0v) is 11.8. The lowest BCUT2D eigenvalue weighted by Gasteiger charge is -2.26. The van der Waals surface area contributed by atoms with E-state index < -0.39 is 0 Å². The highest BCUT2D eigenvalue weighted by atomic mass is 19.1. The highest BCUT2D eigenvalue weighted by Gasteiger charge is 2.24. The summed E-state index contributed by atoms with van der Waals surface area (Å²) in [6, 6.07) is 5.88. The standard InChI is InChI=1S/C16H19FO2/c1-10(16(2,3)4)7-13(18)15-9-11-8-12(17)5-6-14(11)19-15/h5-6,8-10H,7H2,1-4H3. The summed E-state index contributed by atoms with van der Waals surface area (Å²) in [5, 5.41) is 0.631. The van der Waals surface area contributed by atoms with Crippen LogP contribution in [0.2, 0.25) is 0 Å². The normalized spacial score (nSPS) is 13.7. The first-order valence-electron chi connectivity index (χ1n) is 6.49. The third kappa shape index (κ3) is 3.03. The summed E-state index contributed by atoms with van der Waals surface area (Å²) in [4.78, 5) is 12.2. The van der Waals surface area contributed by atoms with Crippen molar-refractivity contribution in [3.05, 3.63) is 35.8 Å². The summed E-state index contributed by atoms with van der Waals surface area (Å²) < 4.78 is 18.6. The molecule has 1 aromatic heterocycles. The largest absolute Gasteiger partial charge is 0.453 e. The van der Waals surface area contributed by atoms with E-state index in [2.05, 4.69) is 27.7 Å². The maximum atomic E-state index is 13.1. The van der Waals surface area contributed by atoms with E-state index in [9.17, 15) is 9.18 Å². The van der Waals surface area contributed by atoms with Gasteiger partial charge in [-0.05, 0) is 35.6 Å². The molecule has 0 fully saturated rings. The van der Waals surface area contributed by atoms with E-state index in [0.717, 1.165) is 0 Å². The minimum atomic E-state index is -0.324. The SMILES string of the molecule is CC(CC(=O)c1cc2cc(F)ccc2o1)C(C)(C)C. The third-order valence-corrected chi connectivity index (χ3v) is 3.72. The van der Waals surface area contributed by atoms with Gasteiger partial charge in [-0.15, -0.1) is 0 Å². The molecule has 2 aromatic rings. The average molecular weight is 262 g/mol. The number of hydrogen-bond donors (Lipinski definition) is 0. The zero-order valence-electron chi connectivity index (χ0n) is 11.8. The Balaban J connectivity index is 2.22. The maximum absolute atomic E-state index is 13.1. The Bertz CT molecular complexity index is 605. The maximum Gasteiger partial charge on any atom is 0.198 e. The molecule has 3 heteroatoms. The number of halogens is 1. The van der Waals surface area contributed by atoms with Crippen LogP contribution in [0.1, 0.15) is 44.7 Å². The van der Waals surface area contributed by atoms with E-state index in [4.69, 9.17) is 4.42 Å². The van der Waals surface area contributed by atoms with Crippen molar-refractivity contribution in [1.29, 1.82) is 0 Å². The lowest BCUT2D eigenvalue weighted by atomic mass is 9.79. The summed E-state index contributed by atoms with van der Waals surface area (Å²) in [6.07, 6.45) is 0.436. The Morgan fingerprint density at radius 3 is 2.63 bits per heavy atom. The number of carbonyl (C=O) groups is 1. The second-order valence-electron chi connectivity index (χ2n) is 6.19. The second kappa shape index (κ2) is 4.80. The first-order valence-corrected chi connectivity index (χ1v) is 6.49. The van der Waals surface area contributed by atoms with Gasteiger partial charge in [0.05, 0.1) is 0 Å². The van der Waals surface area contributed by atoms with Crippen LogP contribution in [0.3, 0.4) is 0 Å². The summed E-state index contributed by atoms with van der Waals surface area (Å²) in [6.45, 7) is 8.39. The van der Waals surface area contributed by atoms with Crippen molar-refractivity contribution in [2.75, 3.05) is 0 Å². The van der Waals surface area contributed by atoms with Crippen molar-refractivity contribution in [2.24, 2.45) is 11.3 Å². The lowest BCUT2D eigenvalue weighted by Crippen LogP contribution is -2.20. The van der Waals surface area contributed by atoms with Crippen LogP contribution in [0, 0.1) is 17.2 Å². The molecule has 0 saturated carbocycles. The van der Waals surface area contributed by atoms with Gasteiger partial charge in [0.25, 0.3) is 0 Å². The molecule has 0 spiro atoms. The molecule has 0 aliphatic heterocycles. The van der Waals surface area contributed by atoms with Gasteiger partial charge in [0.1, 0.15) is 11.4 Å². The van der Waals surface area contributed by atoms with Crippen LogP contribution in [-0.4, -0.2) is 5.78 Å². The van der Waals surface area contributed by atoms with Gasteiger partial charge in [0.15, 0.2) is 11.5 Å². The van der Waals surface area contributed by atoms with Crippen molar-refractivity contribution in [1.82, 2.24) is 0 Å². The number of fused-ring (bicyclic) bond motifs is 1. The number of rotatable bonds is 3. The van der Waals surface area contributed by atoms with Crippen molar-refractivity contribution >= 4 is 16.8 Å². The average Bonchev–Trinajstić information content (AvgIpc) is 2.70. The van der Waals surface area contributed by atoms with E-state index in [1.54, 1.807) is 12.1 Å². The molecule has 0 amide bonds. The van der Waals surface area contributed by atoms with Gasteiger partial charge in [-0.25, -0.2) is 4.39 Å². The summed E-state index contributed by atoms with van der Waals surface area (Å²) in [5.74, 6) is 0.219. The number of benzene rings is 1. The monoisotopic (exact) mass is 262 g/mol. The molecule has 0 saturated heterocycles. The van der Waals surface area contributed by atoms with Gasteiger partial charge in [0.2, 0.25) is 0 Å². The molecule has 1 atom stereocenters. The van der Waals surface area contributed by atoms with Crippen LogP contribution >= 0.6 is 0 Å². The van der Waals surface area contributed by atoms with E-state index in [0.29, 0.717) is 23.2 Å². The molecule has 0 aliphatic carbocycles. The summed E-state index contributed by atoms with van der Waals surface area (Å²) in [5.41, 5.74) is 0.626. The molecule has 1 unspecified atom stereocenters. The van der Waals surface area contributed by atoms with Crippen molar-refractivity contribution in [3.8, 4) is 0 Å². The Hall–Kier alpha value is -1.64. The highest BCUT2D eigenvalue weighted by Crippen LogP contribution is 2.30.